The minimum Gasteiger partial charge on any atom is -0.496 e. The molecule has 0 aliphatic rings. The molecule has 0 radical (unpaired) electrons. The van der Waals surface area contributed by atoms with Crippen molar-refractivity contribution in [2.45, 2.75) is 20.8 Å². The highest BCUT2D eigenvalue weighted by Gasteiger charge is 2.09. The lowest BCUT2D eigenvalue weighted by Crippen LogP contribution is -1.97. The van der Waals surface area contributed by atoms with Crippen LogP contribution in [0.3, 0.4) is 0 Å². The number of hydrogen-bond acceptors (Lipinski definition) is 2. The Morgan fingerprint density at radius 1 is 1.23 bits per heavy atom. The van der Waals surface area contributed by atoms with Crippen molar-refractivity contribution in [3.63, 3.8) is 0 Å². The Morgan fingerprint density at radius 2 is 1.85 bits per heavy atom. The van der Waals surface area contributed by atoms with Crippen molar-refractivity contribution < 1.29 is 9.53 Å². The van der Waals surface area contributed by atoms with Crippen LogP contribution in [-0.4, -0.2) is 13.4 Å². The number of carbonyl (C=O) groups excluding carboxylic acids is 1. The summed E-state index contributed by atoms with van der Waals surface area (Å²) < 4.78 is 5.24. The van der Waals surface area contributed by atoms with Gasteiger partial charge in [0, 0.05) is 5.56 Å². The molecule has 70 valence electrons. The molecule has 0 aliphatic heterocycles. The molecular weight excluding hydrogens is 164 g/mol. The van der Waals surface area contributed by atoms with Crippen molar-refractivity contribution in [2.75, 3.05) is 7.11 Å². The zero-order chi connectivity index (χ0) is 10.0. The molecule has 1 aromatic carbocycles. The van der Waals surface area contributed by atoms with Gasteiger partial charge in [0.1, 0.15) is 12.0 Å². The zero-order valence-electron chi connectivity index (χ0n) is 8.47. The molecule has 2 heteroatoms. The Labute approximate surface area is 78.5 Å². The van der Waals surface area contributed by atoms with E-state index >= 15 is 0 Å². The molecule has 0 fully saturated rings. The van der Waals surface area contributed by atoms with Gasteiger partial charge in [-0.15, -0.1) is 0 Å². The lowest BCUT2D eigenvalue weighted by Gasteiger charge is -2.12. The lowest BCUT2D eigenvalue weighted by atomic mass is 9.99. The van der Waals surface area contributed by atoms with Crippen molar-refractivity contribution in [3.05, 3.63) is 28.3 Å². The van der Waals surface area contributed by atoms with Crippen molar-refractivity contribution in [3.8, 4) is 5.75 Å². The van der Waals surface area contributed by atoms with Crippen LogP contribution in [0.25, 0.3) is 0 Å². The van der Waals surface area contributed by atoms with Crippen LogP contribution in [0.1, 0.15) is 27.0 Å². The first-order valence-electron chi connectivity index (χ1n) is 4.21. The van der Waals surface area contributed by atoms with Gasteiger partial charge in [-0.05, 0) is 43.5 Å². The van der Waals surface area contributed by atoms with E-state index in [4.69, 9.17) is 4.74 Å². The van der Waals surface area contributed by atoms with E-state index in [1.807, 2.05) is 26.8 Å². The van der Waals surface area contributed by atoms with E-state index in [9.17, 15) is 4.79 Å². The van der Waals surface area contributed by atoms with Gasteiger partial charge in [-0.1, -0.05) is 0 Å². The molecule has 0 heterocycles. The van der Waals surface area contributed by atoms with Crippen LogP contribution < -0.4 is 4.74 Å². The maximum absolute atomic E-state index is 10.7. The van der Waals surface area contributed by atoms with Crippen LogP contribution in [0, 0.1) is 20.8 Å². The smallest absolute Gasteiger partial charge is 0.150 e. The van der Waals surface area contributed by atoms with E-state index in [0.29, 0.717) is 0 Å². The molecule has 2 nitrogen and oxygen atoms in total. The molecule has 0 saturated carbocycles. The number of aldehydes is 1. The average Bonchev–Trinajstić information content (AvgIpc) is 2.12. The Bertz CT molecular complexity index is 340. The summed E-state index contributed by atoms with van der Waals surface area (Å²) in [6, 6.07) is 1.86. The molecular formula is C11H14O2. The maximum Gasteiger partial charge on any atom is 0.150 e. The Morgan fingerprint density at radius 3 is 2.31 bits per heavy atom. The van der Waals surface area contributed by atoms with Gasteiger partial charge in [0.15, 0.2) is 0 Å². The summed E-state index contributed by atoms with van der Waals surface area (Å²) in [4.78, 5) is 10.7. The van der Waals surface area contributed by atoms with E-state index in [2.05, 4.69) is 0 Å². The first-order chi connectivity index (χ1) is 6.11. The van der Waals surface area contributed by atoms with Gasteiger partial charge in [0.2, 0.25) is 0 Å². The largest absolute Gasteiger partial charge is 0.496 e. The molecule has 0 spiro atoms. The summed E-state index contributed by atoms with van der Waals surface area (Å²) >= 11 is 0. The van der Waals surface area contributed by atoms with Crippen LogP contribution in [-0.2, 0) is 0 Å². The van der Waals surface area contributed by atoms with Crippen molar-refractivity contribution in [1.29, 1.82) is 0 Å². The topological polar surface area (TPSA) is 26.3 Å². The number of methoxy groups -OCH3 is 1. The lowest BCUT2D eigenvalue weighted by molar-refractivity contribution is 0.112. The summed E-state index contributed by atoms with van der Waals surface area (Å²) in [6.07, 6.45) is 0.884. The second-order valence-corrected chi connectivity index (χ2v) is 3.18. The van der Waals surface area contributed by atoms with E-state index in [1.165, 1.54) is 0 Å². The highest BCUT2D eigenvalue weighted by Crippen LogP contribution is 2.27. The fourth-order valence-corrected chi connectivity index (χ4v) is 1.53. The van der Waals surface area contributed by atoms with Gasteiger partial charge in [0.25, 0.3) is 0 Å². The number of carbonyl (C=O) groups is 1. The molecule has 0 aromatic heterocycles. The SMILES string of the molecule is COc1c(C)cc(C=O)c(C)c1C. The van der Waals surface area contributed by atoms with Gasteiger partial charge in [-0.3, -0.25) is 4.79 Å². The zero-order valence-corrected chi connectivity index (χ0v) is 8.47. The number of benzene rings is 1. The molecule has 0 aliphatic carbocycles. The van der Waals surface area contributed by atoms with Crippen LogP contribution in [0.5, 0.6) is 5.75 Å². The first kappa shape index (κ1) is 9.78. The minimum absolute atomic E-state index is 0.746. The standard InChI is InChI=1S/C11H14O2/c1-7-5-10(6-12)8(2)9(3)11(7)13-4/h5-6H,1-4H3. The summed E-state index contributed by atoms with van der Waals surface area (Å²) in [5, 5.41) is 0. The molecule has 0 saturated heterocycles. The molecule has 1 aromatic rings. The van der Waals surface area contributed by atoms with Gasteiger partial charge in [-0.2, -0.15) is 0 Å². The molecule has 0 amide bonds. The van der Waals surface area contributed by atoms with Gasteiger partial charge < -0.3 is 4.74 Å². The number of ether oxygens (including phenoxy) is 1. The third-order valence-corrected chi connectivity index (χ3v) is 2.40. The van der Waals surface area contributed by atoms with Crippen LogP contribution in [0.4, 0.5) is 0 Å². The average molecular weight is 178 g/mol. The predicted molar refractivity (Wildman–Crippen MR) is 52.6 cm³/mol. The quantitative estimate of drug-likeness (QED) is 0.650. The number of rotatable bonds is 2. The predicted octanol–water partition coefficient (Wildman–Crippen LogP) is 2.43. The summed E-state index contributed by atoms with van der Waals surface area (Å²) in [7, 11) is 1.65. The Kier molecular flexibility index (Phi) is 2.71. The van der Waals surface area contributed by atoms with E-state index < -0.39 is 0 Å². The minimum atomic E-state index is 0.746. The third-order valence-electron chi connectivity index (χ3n) is 2.40. The molecule has 1 rings (SSSR count). The highest BCUT2D eigenvalue weighted by molar-refractivity contribution is 5.79. The third kappa shape index (κ3) is 1.57. The molecule has 13 heavy (non-hydrogen) atoms. The molecule has 0 unspecified atom stereocenters. The maximum atomic E-state index is 10.7. The van der Waals surface area contributed by atoms with Crippen molar-refractivity contribution in [2.24, 2.45) is 0 Å². The van der Waals surface area contributed by atoms with E-state index in [-0.39, 0.29) is 0 Å². The van der Waals surface area contributed by atoms with E-state index in [1.54, 1.807) is 7.11 Å². The fourth-order valence-electron chi connectivity index (χ4n) is 1.53. The summed E-state index contributed by atoms with van der Waals surface area (Å²) in [5.41, 5.74) is 3.80. The molecule has 0 atom stereocenters. The highest BCUT2D eigenvalue weighted by atomic mass is 16.5. The van der Waals surface area contributed by atoms with Gasteiger partial charge >= 0.3 is 0 Å². The van der Waals surface area contributed by atoms with Crippen LogP contribution >= 0.6 is 0 Å². The van der Waals surface area contributed by atoms with E-state index in [0.717, 1.165) is 34.3 Å². The normalized spacial score (nSPS) is 9.85. The molecule has 0 N–H and O–H groups in total. The monoisotopic (exact) mass is 178 g/mol. The number of aryl methyl sites for hydroxylation is 1. The summed E-state index contributed by atoms with van der Waals surface area (Å²) in [6.45, 7) is 5.84. The van der Waals surface area contributed by atoms with Gasteiger partial charge in [-0.25, -0.2) is 0 Å². The Hall–Kier alpha value is -1.31. The second-order valence-electron chi connectivity index (χ2n) is 3.18. The number of hydrogen-bond donors (Lipinski definition) is 0. The second kappa shape index (κ2) is 3.60. The fraction of sp³-hybridized carbons (Fsp3) is 0.364. The van der Waals surface area contributed by atoms with Gasteiger partial charge in [0.05, 0.1) is 7.11 Å². The van der Waals surface area contributed by atoms with Crippen LogP contribution in [0.15, 0.2) is 6.07 Å². The van der Waals surface area contributed by atoms with Crippen molar-refractivity contribution >= 4 is 6.29 Å². The van der Waals surface area contributed by atoms with Crippen molar-refractivity contribution in [1.82, 2.24) is 0 Å². The summed E-state index contributed by atoms with van der Waals surface area (Å²) in [5.74, 6) is 0.878. The Balaban J connectivity index is 3.45. The van der Waals surface area contributed by atoms with Crippen LogP contribution in [0.2, 0.25) is 0 Å². The first-order valence-corrected chi connectivity index (χ1v) is 4.21. The molecule has 0 bridgehead atoms.